The molecule has 3 rings (SSSR count). The molecule has 0 aliphatic carbocycles. The number of halogens is 1. The minimum absolute atomic E-state index is 0.108. The van der Waals surface area contributed by atoms with Crippen LogP contribution in [0.15, 0.2) is 41.3 Å². The summed E-state index contributed by atoms with van der Waals surface area (Å²) in [6, 6.07) is 7.31. The Hall–Kier alpha value is -2.68. The molecule has 9 heteroatoms. The number of rotatable bonds is 4. The summed E-state index contributed by atoms with van der Waals surface area (Å²) in [4.78, 5) is 10.1. The molecule has 0 bridgehead atoms. The SMILES string of the molecule is COc1cc([N+](=O)[O-])ccc1S(=O)(=O)N1CCCc2cc(F)ccc21. The third-order valence-corrected chi connectivity index (χ3v) is 5.90. The molecule has 2 aromatic rings. The summed E-state index contributed by atoms with van der Waals surface area (Å²) in [6.45, 7) is 0.237. The van der Waals surface area contributed by atoms with Gasteiger partial charge in [0.05, 0.1) is 23.8 Å². The number of non-ortho nitro benzene ring substituents is 1. The molecule has 132 valence electrons. The van der Waals surface area contributed by atoms with Crippen LogP contribution >= 0.6 is 0 Å². The molecule has 25 heavy (non-hydrogen) atoms. The van der Waals surface area contributed by atoms with Crippen molar-refractivity contribution in [2.75, 3.05) is 18.0 Å². The van der Waals surface area contributed by atoms with Crippen molar-refractivity contribution >= 4 is 21.4 Å². The second-order valence-electron chi connectivity index (χ2n) is 5.55. The van der Waals surface area contributed by atoms with Crippen molar-refractivity contribution in [3.8, 4) is 5.75 Å². The fourth-order valence-electron chi connectivity index (χ4n) is 2.88. The standard InChI is InChI=1S/C16H15FN2O5S/c1-24-15-10-13(19(20)21)5-7-16(15)25(22,23)18-8-2-3-11-9-12(17)4-6-14(11)18/h4-7,9-10H,2-3,8H2,1H3. The number of fused-ring (bicyclic) bond motifs is 1. The predicted octanol–water partition coefficient (Wildman–Crippen LogP) is 2.88. The number of hydrogen-bond donors (Lipinski definition) is 0. The molecular formula is C16H15FN2O5S. The highest BCUT2D eigenvalue weighted by Crippen LogP contribution is 2.36. The van der Waals surface area contributed by atoms with Crippen molar-refractivity contribution in [3.05, 3.63) is 57.9 Å². The first-order valence-electron chi connectivity index (χ1n) is 7.48. The first-order chi connectivity index (χ1) is 11.8. The number of benzene rings is 2. The first-order valence-corrected chi connectivity index (χ1v) is 8.92. The minimum Gasteiger partial charge on any atom is -0.495 e. The summed E-state index contributed by atoms with van der Waals surface area (Å²) in [7, 11) is -2.76. The van der Waals surface area contributed by atoms with E-state index in [1.54, 1.807) is 0 Å². The molecular weight excluding hydrogens is 351 g/mol. The van der Waals surface area contributed by atoms with Crippen LogP contribution in [0.2, 0.25) is 0 Å². The molecule has 1 aliphatic heterocycles. The van der Waals surface area contributed by atoms with Crippen LogP contribution in [0, 0.1) is 15.9 Å². The van der Waals surface area contributed by atoms with Crippen LogP contribution < -0.4 is 9.04 Å². The van der Waals surface area contributed by atoms with Crippen LogP contribution in [0.4, 0.5) is 15.8 Å². The maximum absolute atomic E-state index is 13.4. The monoisotopic (exact) mass is 366 g/mol. The van der Waals surface area contributed by atoms with Gasteiger partial charge in [-0.15, -0.1) is 0 Å². The van der Waals surface area contributed by atoms with Crippen molar-refractivity contribution in [3.63, 3.8) is 0 Å². The van der Waals surface area contributed by atoms with E-state index in [2.05, 4.69) is 0 Å². The molecule has 1 heterocycles. The van der Waals surface area contributed by atoms with Gasteiger partial charge in [0.2, 0.25) is 0 Å². The zero-order valence-corrected chi connectivity index (χ0v) is 14.1. The van der Waals surface area contributed by atoms with Gasteiger partial charge >= 0.3 is 0 Å². The highest BCUT2D eigenvalue weighted by Gasteiger charge is 2.32. The highest BCUT2D eigenvalue weighted by molar-refractivity contribution is 7.93. The summed E-state index contributed by atoms with van der Waals surface area (Å²) in [5, 5.41) is 10.9. The van der Waals surface area contributed by atoms with E-state index >= 15 is 0 Å². The quantitative estimate of drug-likeness (QED) is 0.613. The van der Waals surface area contributed by atoms with Gasteiger partial charge in [-0.1, -0.05) is 0 Å². The van der Waals surface area contributed by atoms with E-state index in [-0.39, 0.29) is 22.9 Å². The molecule has 0 saturated heterocycles. The Kier molecular flexibility index (Phi) is 4.34. The lowest BCUT2D eigenvalue weighted by molar-refractivity contribution is -0.385. The summed E-state index contributed by atoms with van der Waals surface area (Å²) in [5.74, 6) is -0.533. The molecule has 0 amide bonds. The predicted molar refractivity (Wildman–Crippen MR) is 88.9 cm³/mol. The van der Waals surface area contributed by atoms with Gasteiger partial charge in [-0.05, 0) is 42.7 Å². The van der Waals surface area contributed by atoms with E-state index in [4.69, 9.17) is 4.74 Å². The Morgan fingerprint density at radius 2 is 2.00 bits per heavy atom. The van der Waals surface area contributed by atoms with Crippen molar-refractivity contribution in [1.29, 1.82) is 0 Å². The number of hydrogen-bond acceptors (Lipinski definition) is 5. The maximum Gasteiger partial charge on any atom is 0.273 e. The molecule has 0 radical (unpaired) electrons. The number of nitro groups is 1. The van der Waals surface area contributed by atoms with E-state index in [1.165, 1.54) is 29.6 Å². The Labute approximate surface area is 143 Å². The molecule has 0 fully saturated rings. The second-order valence-corrected chi connectivity index (χ2v) is 7.38. The lowest BCUT2D eigenvalue weighted by atomic mass is 10.0. The summed E-state index contributed by atoms with van der Waals surface area (Å²) < 4.78 is 45.8. The number of methoxy groups -OCH3 is 1. The van der Waals surface area contributed by atoms with E-state index in [1.807, 2.05) is 0 Å². The fourth-order valence-corrected chi connectivity index (χ4v) is 4.56. The number of ether oxygens (including phenoxy) is 1. The lowest BCUT2D eigenvalue weighted by Crippen LogP contribution is -2.35. The smallest absolute Gasteiger partial charge is 0.273 e. The normalized spacial score (nSPS) is 14.1. The Morgan fingerprint density at radius 3 is 2.68 bits per heavy atom. The van der Waals surface area contributed by atoms with Crippen LogP contribution in [0.5, 0.6) is 5.75 Å². The fraction of sp³-hybridized carbons (Fsp3) is 0.250. The van der Waals surface area contributed by atoms with E-state index in [9.17, 15) is 22.9 Å². The topological polar surface area (TPSA) is 89.7 Å². The summed E-state index contributed by atoms with van der Waals surface area (Å²) >= 11 is 0. The van der Waals surface area contributed by atoms with Crippen molar-refractivity contribution in [1.82, 2.24) is 0 Å². The number of nitro benzene ring substituents is 1. The largest absolute Gasteiger partial charge is 0.495 e. The minimum atomic E-state index is -4.01. The third-order valence-electron chi connectivity index (χ3n) is 4.04. The summed E-state index contributed by atoms with van der Waals surface area (Å²) in [5.41, 5.74) is 0.751. The van der Waals surface area contributed by atoms with Gasteiger partial charge in [-0.3, -0.25) is 14.4 Å². The number of anilines is 1. The van der Waals surface area contributed by atoms with Crippen molar-refractivity contribution in [2.45, 2.75) is 17.7 Å². The maximum atomic E-state index is 13.4. The van der Waals surface area contributed by atoms with Gasteiger partial charge in [-0.25, -0.2) is 12.8 Å². The average molecular weight is 366 g/mol. The van der Waals surface area contributed by atoms with Crippen molar-refractivity contribution in [2.24, 2.45) is 0 Å². The molecule has 0 atom stereocenters. The zero-order valence-electron chi connectivity index (χ0n) is 13.3. The molecule has 0 saturated carbocycles. The Morgan fingerprint density at radius 1 is 1.24 bits per heavy atom. The van der Waals surface area contributed by atoms with Gasteiger partial charge in [-0.2, -0.15) is 0 Å². The van der Waals surface area contributed by atoms with Crippen LogP contribution in [-0.4, -0.2) is 27.0 Å². The van der Waals surface area contributed by atoms with Gasteiger partial charge in [0.15, 0.2) is 0 Å². The molecule has 0 unspecified atom stereocenters. The van der Waals surface area contributed by atoms with Crippen LogP contribution in [0.25, 0.3) is 0 Å². The van der Waals surface area contributed by atoms with E-state index < -0.39 is 20.8 Å². The molecule has 0 spiro atoms. The van der Waals surface area contributed by atoms with E-state index in [0.29, 0.717) is 24.1 Å². The molecule has 0 N–H and O–H groups in total. The van der Waals surface area contributed by atoms with Crippen molar-refractivity contribution < 1.29 is 22.5 Å². The van der Waals surface area contributed by atoms with Gasteiger partial charge in [0.1, 0.15) is 16.5 Å². The van der Waals surface area contributed by atoms with Gasteiger partial charge in [0, 0.05) is 12.6 Å². The third kappa shape index (κ3) is 3.02. The number of aryl methyl sites for hydroxylation is 1. The van der Waals surface area contributed by atoms with Crippen LogP contribution in [0.1, 0.15) is 12.0 Å². The highest BCUT2D eigenvalue weighted by atomic mass is 32.2. The van der Waals surface area contributed by atoms with Crippen LogP contribution in [-0.2, 0) is 16.4 Å². The summed E-state index contributed by atoms with van der Waals surface area (Å²) in [6.07, 6.45) is 1.13. The molecule has 1 aliphatic rings. The number of nitrogens with zero attached hydrogens (tertiary/aromatic N) is 2. The number of sulfonamides is 1. The molecule has 0 aromatic heterocycles. The first kappa shape index (κ1) is 17.2. The van der Waals surface area contributed by atoms with Gasteiger partial charge < -0.3 is 4.74 Å². The Balaban J connectivity index is 2.11. The average Bonchev–Trinajstić information content (AvgIpc) is 2.60. The zero-order chi connectivity index (χ0) is 18.2. The van der Waals surface area contributed by atoms with Crippen LogP contribution in [0.3, 0.4) is 0 Å². The molecule has 2 aromatic carbocycles. The van der Waals surface area contributed by atoms with E-state index in [0.717, 1.165) is 18.2 Å². The lowest BCUT2D eigenvalue weighted by Gasteiger charge is -2.30. The van der Waals surface area contributed by atoms with Gasteiger partial charge in [0.25, 0.3) is 15.7 Å². The molecule has 7 nitrogen and oxygen atoms in total. The Bertz CT molecular complexity index is 946. The second kappa shape index (κ2) is 6.32.